The number of hydrogen-bond acceptors (Lipinski definition) is 5. The zero-order valence-electron chi connectivity index (χ0n) is 15.5. The van der Waals surface area contributed by atoms with Crippen LogP contribution >= 0.6 is 0 Å². The molecule has 3 N–H and O–H groups in total. The van der Waals surface area contributed by atoms with E-state index in [4.69, 9.17) is 24.5 Å². The van der Waals surface area contributed by atoms with Crippen LogP contribution in [0.3, 0.4) is 0 Å². The van der Waals surface area contributed by atoms with Crippen molar-refractivity contribution in [1.29, 1.82) is 0 Å². The van der Waals surface area contributed by atoms with E-state index in [1.54, 1.807) is 0 Å². The first-order chi connectivity index (χ1) is 11.8. The third kappa shape index (κ3) is 11.1. The summed E-state index contributed by atoms with van der Waals surface area (Å²) in [6, 6.07) is 8.37. The van der Waals surface area contributed by atoms with Crippen LogP contribution in [0, 0.1) is 0 Å². The standard InChI is InChI=1S/C16H28N2O.C2H2O4/c1-5-14(2)15-8-6-7-9-16(15)19-13-11-17-10-12-18(3)4;3-1(4)2(5)6/h6-9,14,17H,5,10-13H2,1-4H3;(H,3,4)(H,5,6). The molecule has 0 saturated heterocycles. The lowest BCUT2D eigenvalue weighted by atomic mass is 9.98. The molecule has 142 valence electrons. The topological polar surface area (TPSA) is 99.1 Å². The highest BCUT2D eigenvalue weighted by Crippen LogP contribution is 2.28. The largest absolute Gasteiger partial charge is 0.492 e. The molecule has 0 bridgehead atoms. The van der Waals surface area contributed by atoms with Gasteiger partial charge in [-0.3, -0.25) is 0 Å². The van der Waals surface area contributed by atoms with Crippen molar-refractivity contribution in [1.82, 2.24) is 10.2 Å². The molecule has 1 unspecified atom stereocenters. The summed E-state index contributed by atoms with van der Waals surface area (Å²) in [5.74, 6) is -2.06. The SMILES string of the molecule is CCC(C)c1ccccc1OCCNCCN(C)C.O=C(O)C(=O)O. The van der Waals surface area contributed by atoms with Crippen molar-refractivity contribution < 1.29 is 24.5 Å². The van der Waals surface area contributed by atoms with Crippen LogP contribution < -0.4 is 10.1 Å². The monoisotopic (exact) mass is 354 g/mol. The van der Waals surface area contributed by atoms with E-state index in [0.29, 0.717) is 5.92 Å². The number of likely N-dealkylation sites (N-methyl/N-ethyl adjacent to an activating group) is 1. The minimum absolute atomic E-state index is 0.554. The minimum atomic E-state index is -1.82. The number of carboxylic acid groups (broad SMARTS) is 2. The Bertz CT molecular complexity index is 508. The van der Waals surface area contributed by atoms with Crippen molar-refractivity contribution in [3.8, 4) is 5.75 Å². The van der Waals surface area contributed by atoms with E-state index in [1.165, 1.54) is 5.56 Å². The average molecular weight is 354 g/mol. The maximum absolute atomic E-state index is 9.10. The van der Waals surface area contributed by atoms with Crippen molar-refractivity contribution in [2.45, 2.75) is 26.2 Å². The van der Waals surface area contributed by atoms with E-state index in [1.807, 2.05) is 6.07 Å². The smallest absolute Gasteiger partial charge is 0.414 e. The molecule has 0 radical (unpaired) electrons. The van der Waals surface area contributed by atoms with Gasteiger partial charge in [0.25, 0.3) is 0 Å². The third-order valence-corrected chi connectivity index (χ3v) is 3.52. The van der Waals surface area contributed by atoms with Gasteiger partial charge in [0.05, 0.1) is 0 Å². The van der Waals surface area contributed by atoms with Gasteiger partial charge in [-0.15, -0.1) is 0 Å². The number of carboxylic acids is 2. The number of nitrogens with one attached hydrogen (secondary N) is 1. The Balaban J connectivity index is 0.000000823. The number of benzene rings is 1. The lowest BCUT2D eigenvalue weighted by Crippen LogP contribution is -2.29. The Morgan fingerprint density at radius 3 is 2.28 bits per heavy atom. The van der Waals surface area contributed by atoms with Crippen LogP contribution in [0.4, 0.5) is 0 Å². The highest BCUT2D eigenvalue weighted by atomic mass is 16.5. The summed E-state index contributed by atoms with van der Waals surface area (Å²) in [6.45, 7) is 8.14. The molecule has 0 aliphatic heterocycles. The summed E-state index contributed by atoms with van der Waals surface area (Å²) >= 11 is 0. The molecule has 1 aromatic carbocycles. The molecule has 0 aliphatic rings. The molecule has 1 atom stereocenters. The Morgan fingerprint density at radius 1 is 1.16 bits per heavy atom. The van der Waals surface area contributed by atoms with E-state index in [2.05, 4.69) is 56.4 Å². The van der Waals surface area contributed by atoms with Gasteiger partial charge >= 0.3 is 11.9 Å². The number of ether oxygens (including phenoxy) is 1. The quantitative estimate of drug-likeness (QED) is 0.460. The van der Waals surface area contributed by atoms with Crippen LogP contribution in [0.2, 0.25) is 0 Å². The fourth-order valence-corrected chi connectivity index (χ4v) is 1.90. The fraction of sp³-hybridized carbons (Fsp3) is 0.556. The van der Waals surface area contributed by atoms with Gasteiger partial charge < -0.3 is 25.2 Å². The fourth-order valence-electron chi connectivity index (χ4n) is 1.90. The van der Waals surface area contributed by atoms with Crippen molar-refractivity contribution >= 4 is 11.9 Å². The molecule has 0 aromatic heterocycles. The van der Waals surface area contributed by atoms with E-state index < -0.39 is 11.9 Å². The summed E-state index contributed by atoms with van der Waals surface area (Å²) in [4.78, 5) is 20.4. The number of carbonyl (C=O) groups is 2. The zero-order chi connectivity index (χ0) is 19.2. The van der Waals surface area contributed by atoms with Crippen molar-refractivity contribution in [3.05, 3.63) is 29.8 Å². The summed E-state index contributed by atoms with van der Waals surface area (Å²) in [5.41, 5.74) is 1.32. The molecule has 1 rings (SSSR count). The second kappa shape index (κ2) is 13.2. The van der Waals surface area contributed by atoms with E-state index in [9.17, 15) is 0 Å². The maximum Gasteiger partial charge on any atom is 0.414 e. The van der Waals surface area contributed by atoms with Gasteiger partial charge in [0.15, 0.2) is 0 Å². The number of hydrogen-bond donors (Lipinski definition) is 3. The van der Waals surface area contributed by atoms with Crippen LogP contribution in [-0.4, -0.2) is 67.4 Å². The molecular formula is C18H30N2O5. The minimum Gasteiger partial charge on any atom is -0.492 e. The molecule has 1 aromatic rings. The number of aliphatic carboxylic acids is 2. The second-order valence-corrected chi connectivity index (χ2v) is 5.86. The van der Waals surface area contributed by atoms with Gasteiger partial charge in [0.2, 0.25) is 0 Å². The zero-order valence-corrected chi connectivity index (χ0v) is 15.5. The molecule has 7 nitrogen and oxygen atoms in total. The van der Waals surface area contributed by atoms with Gasteiger partial charge in [-0.25, -0.2) is 9.59 Å². The van der Waals surface area contributed by atoms with Crippen LogP contribution in [0.25, 0.3) is 0 Å². The Kier molecular flexibility index (Phi) is 12.1. The van der Waals surface area contributed by atoms with Gasteiger partial charge in [-0.05, 0) is 38.1 Å². The van der Waals surface area contributed by atoms with Crippen molar-refractivity contribution in [2.75, 3.05) is 40.3 Å². The number of para-hydroxylation sites is 1. The summed E-state index contributed by atoms with van der Waals surface area (Å²) in [5, 5.41) is 18.2. The lowest BCUT2D eigenvalue weighted by Gasteiger charge is -2.16. The lowest BCUT2D eigenvalue weighted by molar-refractivity contribution is -0.159. The molecule has 0 heterocycles. The summed E-state index contributed by atoms with van der Waals surface area (Å²) in [7, 11) is 4.17. The summed E-state index contributed by atoms with van der Waals surface area (Å²) < 4.78 is 5.89. The molecular weight excluding hydrogens is 324 g/mol. The first-order valence-electron chi connectivity index (χ1n) is 8.32. The molecule has 25 heavy (non-hydrogen) atoms. The van der Waals surface area contributed by atoms with E-state index in [0.717, 1.165) is 38.4 Å². The second-order valence-electron chi connectivity index (χ2n) is 5.86. The molecule has 0 saturated carbocycles. The molecule has 0 aliphatic carbocycles. The third-order valence-electron chi connectivity index (χ3n) is 3.52. The Morgan fingerprint density at radius 2 is 1.76 bits per heavy atom. The van der Waals surface area contributed by atoms with Crippen molar-refractivity contribution in [3.63, 3.8) is 0 Å². The summed E-state index contributed by atoms with van der Waals surface area (Å²) in [6.07, 6.45) is 1.14. The van der Waals surface area contributed by atoms with Gasteiger partial charge in [0, 0.05) is 19.6 Å². The Hall–Kier alpha value is -2.12. The van der Waals surface area contributed by atoms with Crippen molar-refractivity contribution in [2.24, 2.45) is 0 Å². The molecule has 7 heteroatoms. The predicted molar refractivity (Wildman–Crippen MR) is 97.3 cm³/mol. The maximum atomic E-state index is 9.10. The molecule has 0 spiro atoms. The number of nitrogens with zero attached hydrogens (tertiary/aromatic N) is 1. The highest BCUT2D eigenvalue weighted by Gasteiger charge is 2.08. The first-order valence-corrected chi connectivity index (χ1v) is 8.32. The van der Waals surface area contributed by atoms with Crippen LogP contribution in [0.15, 0.2) is 24.3 Å². The van der Waals surface area contributed by atoms with Crippen LogP contribution in [0.1, 0.15) is 31.7 Å². The first kappa shape index (κ1) is 22.9. The Labute approximate surface area is 149 Å². The molecule has 0 fully saturated rings. The van der Waals surface area contributed by atoms with E-state index in [-0.39, 0.29) is 0 Å². The number of rotatable bonds is 9. The normalized spacial score (nSPS) is 11.4. The highest BCUT2D eigenvalue weighted by molar-refractivity contribution is 6.27. The van der Waals surface area contributed by atoms with Gasteiger partial charge in [-0.2, -0.15) is 0 Å². The van der Waals surface area contributed by atoms with E-state index >= 15 is 0 Å². The molecule has 0 amide bonds. The predicted octanol–water partition coefficient (Wildman–Crippen LogP) is 1.89. The van der Waals surface area contributed by atoms with Gasteiger partial charge in [-0.1, -0.05) is 32.0 Å². The van der Waals surface area contributed by atoms with Crippen LogP contribution in [0.5, 0.6) is 5.75 Å². The van der Waals surface area contributed by atoms with Gasteiger partial charge in [0.1, 0.15) is 12.4 Å². The van der Waals surface area contributed by atoms with Crippen LogP contribution in [-0.2, 0) is 9.59 Å². The average Bonchev–Trinajstić information content (AvgIpc) is 2.57.